The fourth-order valence-corrected chi connectivity index (χ4v) is 2.48. The lowest BCUT2D eigenvalue weighted by atomic mass is 10.1. The van der Waals surface area contributed by atoms with Crippen molar-refractivity contribution in [2.24, 2.45) is 0 Å². The highest BCUT2D eigenvalue weighted by Crippen LogP contribution is 2.25. The topological polar surface area (TPSA) is 42.6 Å². The van der Waals surface area contributed by atoms with Gasteiger partial charge in [0.25, 0.3) is 0 Å². The number of aryl methyl sites for hydroxylation is 2. The quantitative estimate of drug-likeness (QED) is 0.782. The molecule has 3 rings (SSSR count). The Balaban J connectivity index is 1.77. The first-order valence-electron chi connectivity index (χ1n) is 6.98. The standard InChI is InChI=1S/C18H18O3/c1-12-7-13(2)18-15(8-12)9-17(21-18)11-20-16-5-3-14(10-19)4-6-16/h3-9,19H,10-11H2,1-2H3. The first-order valence-corrected chi connectivity index (χ1v) is 6.98. The molecule has 0 radical (unpaired) electrons. The van der Waals surface area contributed by atoms with Crippen LogP contribution in [0.5, 0.6) is 5.75 Å². The van der Waals surface area contributed by atoms with E-state index in [9.17, 15) is 0 Å². The van der Waals surface area contributed by atoms with Gasteiger partial charge in [-0.3, -0.25) is 0 Å². The van der Waals surface area contributed by atoms with Crippen molar-refractivity contribution in [1.82, 2.24) is 0 Å². The molecule has 3 heteroatoms. The van der Waals surface area contributed by atoms with Crippen LogP contribution in [0.4, 0.5) is 0 Å². The van der Waals surface area contributed by atoms with Gasteiger partial charge in [0.2, 0.25) is 0 Å². The Morgan fingerprint density at radius 2 is 1.81 bits per heavy atom. The van der Waals surface area contributed by atoms with Gasteiger partial charge in [-0.25, -0.2) is 0 Å². The van der Waals surface area contributed by atoms with E-state index in [1.165, 1.54) is 5.56 Å². The summed E-state index contributed by atoms with van der Waals surface area (Å²) in [5.74, 6) is 1.57. The summed E-state index contributed by atoms with van der Waals surface area (Å²) in [5.41, 5.74) is 4.17. The molecule has 0 aliphatic heterocycles. The van der Waals surface area contributed by atoms with E-state index in [0.717, 1.165) is 33.6 Å². The van der Waals surface area contributed by atoms with Crippen LogP contribution in [0.25, 0.3) is 11.0 Å². The van der Waals surface area contributed by atoms with Gasteiger partial charge in [-0.1, -0.05) is 23.8 Å². The van der Waals surface area contributed by atoms with Crippen molar-refractivity contribution >= 4 is 11.0 Å². The largest absolute Gasteiger partial charge is 0.486 e. The Morgan fingerprint density at radius 1 is 1.05 bits per heavy atom. The number of ether oxygens (including phenoxy) is 1. The first-order chi connectivity index (χ1) is 10.2. The SMILES string of the molecule is Cc1cc(C)c2oc(COc3ccc(CO)cc3)cc2c1. The molecule has 0 fully saturated rings. The predicted octanol–water partition coefficient (Wildman–Crippen LogP) is 4.12. The van der Waals surface area contributed by atoms with E-state index in [-0.39, 0.29) is 6.61 Å². The van der Waals surface area contributed by atoms with Gasteiger partial charge in [-0.15, -0.1) is 0 Å². The monoisotopic (exact) mass is 282 g/mol. The summed E-state index contributed by atoms with van der Waals surface area (Å²) in [6.07, 6.45) is 0. The molecule has 0 aliphatic carbocycles. The maximum Gasteiger partial charge on any atom is 0.146 e. The highest BCUT2D eigenvalue weighted by atomic mass is 16.5. The zero-order valence-electron chi connectivity index (χ0n) is 12.2. The van der Waals surface area contributed by atoms with Crippen LogP contribution in [0.15, 0.2) is 46.9 Å². The molecule has 0 atom stereocenters. The van der Waals surface area contributed by atoms with Gasteiger partial charge in [-0.2, -0.15) is 0 Å². The van der Waals surface area contributed by atoms with Crippen molar-refractivity contribution < 1.29 is 14.3 Å². The minimum atomic E-state index is 0.0441. The molecule has 21 heavy (non-hydrogen) atoms. The van der Waals surface area contributed by atoms with Gasteiger partial charge < -0.3 is 14.3 Å². The van der Waals surface area contributed by atoms with Gasteiger partial charge in [-0.05, 0) is 49.2 Å². The van der Waals surface area contributed by atoms with Crippen LogP contribution in [0.3, 0.4) is 0 Å². The van der Waals surface area contributed by atoms with Gasteiger partial charge in [0, 0.05) is 5.39 Å². The van der Waals surface area contributed by atoms with E-state index >= 15 is 0 Å². The Kier molecular flexibility index (Phi) is 3.67. The van der Waals surface area contributed by atoms with Gasteiger partial charge in [0.15, 0.2) is 0 Å². The molecule has 0 unspecified atom stereocenters. The van der Waals surface area contributed by atoms with Crippen LogP contribution in [-0.4, -0.2) is 5.11 Å². The molecule has 0 saturated carbocycles. The molecular formula is C18H18O3. The Morgan fingerprint density at radius 3 is 2.52 bits per heavy atom. The molecule has 0 saturated heterocycles. The second-order valence-electron chi connectivity index (χ2n) is 5.30. The number of hydrogen-bond donors (Lipinski definition) is 1. The summed E-state index contributed by atoms with van der Waals surface area (Å²) >= 11 is 0. The fraction of sp³-hybridized carbons (Fsp3) is 0.222. The normalized spacial score (nSPS) is 11.0. The lowest BCUT2D eigenvalue weighted by Crippen LogP contribution is -1.93. The molecule has 3 nitrogen and oxygen atoms in total. The zero-order valence-corrected chi connectivity index (χ0v) is 12.2. The molecule has 0 amide bonds. The van der Waals surface area contributed by atoms with Crippen LogP contribution in [0.2, 0.25) is 0 Å². The molecule has 108 valence electrons. The van der Waals surface area contributed by atoms with Gasteiger partial charge in [0.1, 0.15) is 23.7 Å². The number of rotatable bonds is 4. The van der Waals surface area contributed by atoms with Crippen molar-refractivity contribution in [2.45, 2.75) is 27.1 Å². The second kappa shape index (κ2) is 5.62. The maximum absolute atomic E-state index is 9.01. The van der Waals surface area contributed by atoms with Crippen molar-refractivity contribution in [3.05, 3.63) is 64.9 Å². The van der Waals surface area contributed by atoms with Crippen molar-refractivity contribution in [2.75, 3.05) is 0 Å². The number of benzene rings is 2. The summed E-state index contributed by atoms with van der Waals surface area (Å²) < 4.78 is 11.6. The molecule has 3 aromatic rings. The lowest BCUT2D eigenvalue weighted by Gasteiger charge is -2.04. The Bertz CT molecular complexity index is 754. The number of aliphatic hydroxyl groups is 1. The van der Waals surface area contributed by atoms with E-state index in [0.29, 0.717) is 6.61 Å². The van der Waals surface area contributed by atoms with Gasteiger partial charge in [0.05, 0.1) is 6.61 Å². The van der Waals surface area contributed by atoms with E-state index < -0.39 is 0 Å². The van der Waals surface area contributed by atoms with Crippen LogP contribution in [0.1, 0.15) is 22.5 Å². The second-order valence-corrected chi connectivity index (χ2v) is 5.30. The smallest absolute Gasteiger partial charge is 0.146 e. The highest BCUT2D eigenvalue weighted by Gasteiger charge is 2.07. The summed E-state index contributed by atoms with van der Waals surface area (Å²) in [7, 11) is 0. The van der Waals surface area contributed by atoms with E-state index in [4.69, 9.17) is 14.3 Å². The summed E-state index contributed by atoms with van der Waals surface area (Å²) in [6, 6.07) is 13.7. The summed E-state index contributed by atoms with van der Waals surface area (Å²) in [6.45, 7) is 4.57. The molecular weight excluding hydrogens is 264 g/mol. The fourth-order valence-electron chi connectivity index (χ4n) is 2.48. The van der Waals surface area contributed by atoms with Crippen molar-refractivity contribution in [1.29, 1.82) is 0 Å². The average Bonchev–Trinajstić information content (AvgIpc) is 2.89. The predicted molar refractivity (Wildman–Crippen MR) is 82.4 cm³/mol. The number of furan rings is 1. The minimum absolute atomic E-state index is 0.0441. The van der Waals surface area contributed by atoms with Crippen molar-refractivity contribution in [3.63, 3.8) is 0 Å². The van der Waals surface area contributed by atoms with E-state index in [2.05, 4.69) is 26.0 Å². The van der Waals surface area contributed by atoms with Crippen LogP contribution >= 0.6 is 0 Å². The summed E-state index contributed by atoms with van der Waals surface area (Å²) in [5, 5.41) is 10.1. The maximum atomic E-state index is 9.01. The third kappa shape index (κ3) is 2.93. The van der Waals surface area contributed by atoms with Crippen LogP contribution < -0.4 is 4.74 Å². The molecule has 2 aromatic carbocycles. The Labute approximate surface area is 123 Å². The lowest BCUT2D eigenvalue weighted by molar-refractivity contribution is 0.272. The van der Waals surface area contributed by atoms with Crippen molar-refractivity contribution in [3.8, 4) is 5.75 Å². The first kappa shape index (κ1) is 13.7. The molecule has 1 N–H and O–H groups in total. The highest BCUT2D eigenvalue weighted by molar-refractivity contribution is 5.81. The molecule has 1 aromatic heterocycles. The number of fused-ring (bicyclic) bond motifs is 1. The summed E-state index contributed by atoms with van der Waals surface area (Å²) in [4.78, 5) is 0. The van der Waals surface area contributed by atoms with Crippen LogP contribution in [-0.2, 0) is 13.2 Å². The Hall–Kier alpha value is -2.26. The average molecular weight is 282 g/mol. The van der Waals surface area contributed by atoms with E-state index in [1.54, 1.807) is 0 Å². The molecule has 1 heterocycles. The third-order valence-electron chi connectivity index (χ3n) is 3.48. The molecule has 0 aliphatic rings. The third-order valence-corrected chi connectivity index (χ3v) is 3.48. The minimum Gasteiger partial charge on any atom is -0.486 e. The van der Waals surface area contributed by atoms with Crippen LogP contribution in [0, 0.1) is 13.8 Å². The number of aliphatic hydroxyl groups excluding tert-OH is 1. The molecule has 0 spiro atoms. The molecule has 0 bridgehead atoms. The van der Waals surface area contributed by atoms with E-state index in [1.807, 2.05) is 30.3 Å². The zero-order chi connectivity index (χ0) is 14.8. The van der Waals surface area contributed by atoms with Gasteiger partial charge >= 0.3 is 0 Å². The number of hydrogen-bond acceptors (Lipinski definition) is 3.